The van der Waals surface area contributed by atoms with Gasteiger partial charge in [-0.05, 0) is 48.4 Å². The van der Waals surface area contributed by atoms with Crippen molar-refractivity contribution in [2.24, 2.45) is 5.41 Å². The van der Waals surface area contributed by atoms with Crippen LogP contribution >= 0.6 is 0 Å². The molecule has 0 radical (unpaired) electrons. The van der Waals surface area contributed by atoms with E-state index in [4.69, 9.17) is 9.47 Å². The monoisotopic (exact) mass is 351 g/mol. The number of benzene rings is 1. The highest BCUT2D eigenvalue weighted by atomic mass is 16.5. The molecule has 1 aromatic rings. The first-order valence-electron chi connectivity index (χ1n) is 8.39. The summed E-state index contributed by atoms with van der Waals surface area (Å²) < 4.78 is 10.5. The molecule has 0 aliphatic heterocycles. The van der Waals surface area contributed by atoms with Gasteiger partial charge >= 0.3 is 5.97 Å². The molecule has 0 aromatic heterocycles. The van der Waals surface area contributed by atoms with Crippen molar-refractivity contribution in [2.75, 3.05) is 14.2 Å². The molecule has 0 aliphatic rings. The number of nitrogens with one attached hydrogen (secondary N) is 1. The highest BCUT2D eigenvalue weighted by Gasteiger charge is 2.22. The third kappa shape index (κ3) is 7.45. The first-order chi connectivity index (χ1) is 11.7. The highest BCUT2D eigenvalue weighted by molar-refractivity contribution is 5.83. The van der Waals surface area contributed by atoms with E-state index in [0.29, 0.717) is 30.8 Å². The predicted octanol–water partition coefficient (Wildman–Crippen LogP) is 3.03. The number of amides is 1. The Labute approximate surface area is 149 Å². The second kappa shape index (κ2) is 9.30. The topological polar surface area (TPSA) is 84.9 Å². The van der Waals surface area contributed by atoms with E-state index < -0.39 is 12.0 Å². The lowest BCUT2D eigenvalue weighted by atomic mass is 9.88. The lowest BCUT2D eigenvalue weighted by molar-refractivity contribution is -0.142. The Morgan fingerprint density at radius 1 is 1.20 bits per heavy atom. The Morgan fingerprint density at radius 3 is 2.40 bits per heavy atom. The molecule has 1 amide bonds. The Kier molecular flexibility index (Phi) is 7.74. The molecule has 2 N–H and O–H groups in total. The van der Waals surface area contributed by atoms with E-state index in [9.17, 15) is 14.7 Å². The van der Waals surface area contributed by atoms with Gasteiger partial charge in [0.05, 0.1) is 14.2 Å². The van der Waals surface area contributed by atoms with Crippen LogP contribution in [0.2, 0.25) is 0 Å². The molecule has 0 saturated carbocycles. The number of hydrogen-bond donors (Lipinski definition) is 2. The number of aliphatic carboxylic acids is 1. The molecule has 1 unspecified atom stereocenters. The van der Waals surface area contributed by atoms with Crippen molar-refractivity contribution < 1.29 is 24.2 Å². The molecule has 1 atom stereocenters. The van der Waals surface area contributed by atoms with Gasteiger partial charge in [0, 0.05) is 6.42 Å². The zero-order valence-corrected chi connectivity index (χ0v) is 15.7. The molecule has 6 heteroatoms. The summed E-state index contributed by atoms with van der Waals surface area (Å²) >= 11 is 0. The van der Waals surface area contributed by atoms with E-state index >= 15 is 0 Å². The third-order valence-corrected chi connectivity index (χ3v) is 3.93. The molecule has 25 heavy (non-hydrogen) atoms. The molecule has 140 valence electrons. The van der Waals surface area contributed by atoms with Gasteiger partial charge in [-0.25, -0.2) is 4.79 Å². The van der Waals surface area contributed by atoms with Crippen molar-refractivity contribution in [2.45, 2.75) is 52.5 Å². The zero-order chi connectivity index (χ0) is 19.0. The zero-order valence-electron chi connectivity index (χ0n) is 15.7. The lowest BCUT2D eigenvalue weighted by Crippen LogP contribution is -2.41. The fourth-order valence-electron chi connectivity index (χ4n) is 2.43. The summed E-state index contributed by atoms with van der Waals surface area (Å²) in [5.41, 5.74) is 0.866. The number of carboxylic acids is 1. The van der Waals surface area contributed by atoms with Crippen LogP contribution in [0.25, 0.3) is 0 Å². The van der Waals surface area contributed by atoms with Crippen LogP contribution in [0.5, 0.6) is 11.5 Å². The molecule has 0 fully saturated rings. The Hall–Kier alpha value is -2.24. The Balaban J connectivity index is 2.64. The lowest BCUT2D eigenvalue weighted by Gasteiger charge is -2.21. The molecule has 1 aromatic carbocycles. The minimum atomic E-state index is -1.00. The van der Waals surface area contributed by atoms with Gasteiger partial charge in [-0.3, -0.25) is 4.79 Å². The van der Waals surface area contributed by atoms with Gasteiger partial charge in [-0.2, -0.15) is 0 Å². The molecular weight excluding hydrogens is 322 g/mol. The predicted molar refractivity (Wildman–Crippen MR) is 96.1 cm³/mol. The molecule has 6 nitrogen and oxygen atoms in total. The number of ether oxygens (including phenoxy) is 2. The van der Waals surface area contributed by atoms with Crippen LogP contribution in [0.3, 0.4) is 0 Å². The third-order valence-electron chi connectivity index (χ3n) is 3.93. The fourth-order valence-corrected chi connectivity index (χ4v) is 2.43. The Morgan fingerprint density at radius 2 is 1.88 bits per heavy atom. The first-order valence-corrected chi connectivity index (χ1v) is 8.39. The summed E-state index contributed by atoms with van der Waals surface area (Å²) in [5, 5.41) is 11.9. The van der Waals surface area contributed by atoms with E-state index in [0.717, 1.165) is 5.56 Å². The van der Waals surface area contributed by atoms with Crippen molar-refractivity contribution in [3.05, 3.63) is 23.8 Å². The number of aryl methyl sites for hydroxylation is 1. The van der Waals surface area contributed by atoms with Crippen LogP contribution in [0.1, 0.15) is 45.6 Å². The van der Waals surface area contributed by atoms with Crippen molar-refractivity contribution >= 4 is 11.9 Å². The molecular formula is C19H29NO5. The van der Waals surface area contributed by atoms with E-state index in [1.807, 2.05) is 26.8 Å². The second-order valence-electron chi connectivity index (χ2n) is 7.24. The molecule has 0 aliphatic carbocycles. The first kappa shape index (κ1) is 20.8. The van der Waals surface area contributed by atoms with Crippen molar-refractivity contribution in [3.8, 4) is 11.5 Å². The summed E-state index contributed by atoms with van der Waals surface area (Å²) in [6, 6.07) is 4.53. The molecule has 0 saturated heterocycles. The van der Waals surface area contributed by atoms with Gasteiger partial charge in [0.25, 0.3) is 0 Å². The van der Waals surface area contributed by atoms with E-state index in [2.05, 4.69) is 5.32 Å². The minimum absolute atomic E-state index is 0.0202. The number of rotatable bonds is 9. The summed E-state index contributed by atoms with van der Waals surface area (Å²) in [7, 11) is 3.14. The highest BCUT2D eigenvalue weighted by Crippen LogP contribution is 2.25. The average molecular weight is 351 g/mol. The summed E-state index contributed by atoms with van der Waals surface area (Å²) in [6.45, 7) is 6.13. The van der Waals surface area contributed by atoms with Crippen molar-refractivity contribution in [1.82, 2.24) is 5.32 Å². The van der Waals surface area contributed by atoms with Crippen molar-refractivity contribution in [1.29, 1.82) is 0 Å². The van der Waals surface area contributed by atoms with Crippen LogP contribution in [0, 0.1) is 5.41 Å². The fraction of sp³-hybridized carbons (Fsp3) is 0.579. The van der Waals surface area contributed by atoms with Crippen LogP contribution in [-0.4, -0.2) is 37.2 Å². The number of carboxylic acid groups (broad SMARTS) is 1. The maximum Gasteiger partial charge on any atom is 0.326 e. The van der Waals surface area contributed by atoms with E-state index in [1.54, 1.807) is 26.4 Å². The quantitative estimate of drug-likeness (QED) is 0.714. The largest absolute Gasteiger partial charge is 0.497 e. The van der Waals surface area contributed by atoms with Crippen LogP contribution < -0.4 is 14.8 Å². The second-order valence-corrected chi connectivity index (χ2v) is 7.24. The van der Waals surface area contributed by atoms with Gasteiger partial charge in [0.2, 0.25) is 5.91 Å². The minimum Gasteiger partial charge on any atom is -0.497 e. The maximum absolute atomic E-state index is 12.2. The number of hydrogen-bond acceptors (Lipinski definition) is 4. The SMILES string of the molecule is COc1ccc(OC)c(CCC(=O)NC(CCC(C)(C)C)C(=O)O)c1. The van der Waals surface area contributed by atoms with Crippen LogP contribution in [0.15, 0.2) is 18.2 Å². The molecule has 1 rings (SSSR count). The van der Waals surface area contributed by atoms with Gasteiger partial charge in [0.15, 0.2) is 0 Å². The van der Waals surface area contributed by atoms with Crippen LogP contribution in [0.4, 0.5) is 0 Å². The summed E-state index contributed by atoms with van der Waals surface area (Å²) in [5.74, 6) is 0.0728. The number of methoxy groups -OCH3 is 2. The molecule has 0 spiro atoms. The summed E-state index contributed by atoms with van der Waals surface area (Å²) in [4.78, 5) is 23.5. The van der Waals surface area contributed by atoms with Gasteiger partial charge in [0.1, 0.15) is 17.5 Å². The smallest absolute Gasteiger partial charge is 0.326 e. The standard InChI is InChI=1S/C19H29NO5/c1-19(2,3)11-10-15(18(22)23)20-17(21)9-6-13-12-14(24-4)7-8-16(13)25-5/h7-8,12,15H,6,9-11H2,1-5H3,(H,20,21)(H,22,23). The van der Waals surface area contributed by atoms with Gasteiger partial charge in [-0.15, -0.1) is 0 Å². The normalized spacial score (nSPS) is 12.4. The van der Waals surface area contributed by atoms with Gasteiger partial charge in [-0.1, -0.05) is 20.8 Å². The van der Waals surface area contributed by atoms with Crippen molar-refractivity contribution in [3.63, 3.8) is 0 Å². The van der Waals surface area contributed by atoms with E-state index in [-0.39, 0.29) is 17.7 Å². The molecule has 0 heterocycles. The van der Waals surface area contributed by atoms with E-state index in [1.165, 1.54) is 0 Å². The van der Waals surface area contributed by atoms with Crippen LogP contribution in [-0.2, 0) is 16.0 Å². The van der Waals surface area contributed by atoms with Gasteiger partial charge < -0.3 is 19.9 Å². The molecule has 0 bridgehead atoms. The number of carbonyl (C=O) groups is 2. The Bertz CT molecular complexity index is 592. The summed E-state index contributed by atoms with van der Waals surface area (Å²) in [6.07, 6.45) is 1.75. The number of carbonyl (C=O) groups excluding carboxylic acids is 1. The maximum atomic E-state index is 12.2. The average Bonchev–Trinajstić information content (AvgIpc) is 2.55.